The molecule has 7 heteroatoms. The van der Waals surface area contributed by atoms with Crippen molar-refractivity contribution < 1.29 is 4.74 Å². The van der Waals surface area contributed by atoms with Crippen LogP contribution in [0.5, 0.6) is 5.75 Å². The van der Waals surface area contributed by atoms with E-state index in [4.69, 9.17) is 11.2 Å². The van der Waals surface area contributed by atoms with Crippen LogP contribution < -0.4 is 15.7 Å². The fraction of sp³-hybridized carbons (Fsp3) is 0.143. The van der Waals surface area contributed by atoms with Crippen molar-refractivity contribution >= 4 is 12.2 Å². The molecule has 0 aliphatic carbocycles. The summed E-state index contributed by atoms with van der Waals surface area (Å²) in [6.07, 6.45) is 6.69. The van der Waals surface area contributed by atoms with Gasteiger partial charge in [0.15, 0.2) is 0 Å². The van der Waals surface area contributed by atoms with Crippen LogP contribution in [0.4, 0.5) is 5.95 Å². The van der Waals surface area contributed by atoms with Gasteiger partial charge in [0.2, 0.25) is 5.95 Å². The van der Waals surface area contributed by atoms with E-state index in [1.54, 1.807) is 13.0 Å². The van der Waals surface area contributed by atoms with Gasteiger partial charge in [0.25, 0.3) is 5.56 Å². The third kappa shape index (κ3) is 3.91. The zero-order valence-electron chi connectivity index (χ0n) is 11.3. The van der Waals surface area contributed by atoms with Gasteiger partial charge < -0.3 is 4.74 Å². The third-order valence-electron chi connectivity index (χ3n) is 2.46. The Hall–Kier alpha value is -3.14. The molecule has 0 aliphatic heterocycles. The number of hydrogen-bond donors (Lipinski definition) is 2. The molecule has 0 saturated heterocycles. The molecule has 0 bridgehead atoms. The lowest BCUT2D eigenvalue weighted by atomic mass is 10.2. The van der Waals surface area contributed by atoms with Gasteiger partial charge >= 0.3 is 0 Å². The van der Waals surface area contributed by atoms with Crippen molar-refractivity contribution in [1.29, 1.82) is 0 Å². The minimum absolute atomic E-state index is 0.156. The molecule has 0 unspecified atom stereocenters. The number of ether oxygens (including phenoxy) is 1. The zero-order valence-corrected chi connectivity index (χ0v) is 11.3. The minimum Gasteiger partial charge on any atom is -0.480 e. The Morgan fingerprint density at radius 1 is 1.48 bits per heavy atom. The van der Waals surface area contributed by atoms with Gasteiger partial charge in [0, 0.05) is 5.56 Å². The summed E-state index contributed by atoms with van der Waals surface area (Å²) in [5, 5.41) is 11.4. The molecule has 0 atom stereocenters. The van der Waals surface area contributed by atoms with Crippen molar-refractivity contribution in [1.82, 2.24) is 15.2 Å². The number of anilines is 1. The molecule has 2 N–H and O–H groups in total. The van der Waals surface area contributed by atoms with E-state index in [0.717, 1.165) is 5.56 Å². The van der Waals surface area contributed by atoms with Crippen LogP contribution in [-0.2, 0) is 0 Å². The lowest BCUT2D eigenvalue weighted by molar-refractivity contribution is 0.370. The van der Waals surface area contributed by atoms with Crippen LogP contribution in [0.2, 0.25) is 0 Å². The van der Waals surface area contributed by atoms with Crippen LogP contribution >= 0.6 is 0 Å². The van der Waals surface area contributed by atoms with Crippen molar-refractivity contribution in [2.24, 2.45) is 5.10 Å². The van der Waals surface area contributed by atoms with Gasteiger partial charge in [-0.1, -0.05) is 18.1 Å². The largest absolute Gasteiger partial charge is 0.480 e. The Kier molecular flexibility index (Phi) is 4.66. The summed E-state index contributed by atoms with van der Waals surface area (Å²) in [5.41, 5.74) is 3.30. The number of aromatic amines is 1. The highest BCUT2D eigenvalue weighted by Gasteiger charge is 2.00. The molecule has 0 spiro atoms. The Bertz CT molecular complexity index is 746. The number of rotatable bonds is 5. The molecule has 0 amide bonds. The molecule has 0 saturated carbocycles. The predicted octanol–water partition coefficient (Wildman–Crippen LogP) is 0.931. The maximum atomic E-state index is 11.4. The lowest BCUT2D eigenvalue weighted by Gasteiger charge is -2.05. The molecule has 1 aromatic heterocycles. The second kappa shape index (κ2) is 6.86. The molecule has 0 aliphatic rings. The van der Waals surface area contributed by atoms with E-state index in [0.29, 0.717) is 5.75 Å². The summed E-state index contributed by atoms with van der Waals surface area (Å²) in [6, 6.07) is 7.28. The first kappa shape index (κ1) is 14.3. The molecular weight excluding hydrogens is 270 g/mol. The topological polar surface area (TPSA) is 92.3 Å². The average molecular weight is 283 g/mol. The molecule has 0 fully saturated rings. The summed E-state index contributed by atoms with van der Waals surface area (Å²) in [7, 11) is 0. The maximum absolute atomic E-state index is 11.4. The van der Waals surface area contributed by atoms with Crippen molar-refractivity contribution in [3.63, 3.8) is 0 Å². The number of nitrogens with one attached hydrogen (secondary N) is 2. The molecule has 1 heterocycles. The quantitative estimate of drug-likeness (QED) is 0.484. The first-order valence-corrected chi connectivity index (χ1v) is 6.08. The average Bonchev–Trinajstić information content (AvgIpc) is 2.50. The van der Waals surface area contributed by atoms with Crippen LogP contribution in [0.3, 0.4) is 0 Å². The van der Waals surface area contributed by atoms with Crippen molar-refractivity contribution in [2.75, 3.05) is 12.0 Å². The van der Waals surface area contributed by atoms with E-state index in [9.17, 15) is 4.79 Å². The van der Waals surface area contributed by atoms with Crippen LogP contribution in [0.15, 0.2) is 34.2 Å². The van der Waals surface area contributed by atoms with E-state index < -0.39 is 0 Å². The van der Waals surface area contributed by atoms with Gasteiger partial charge in [-0.05, 0) is 19.1 Å². The number of nitrogens with zero attached hydrogens (tertiary/aromatic N) is 3. The fourth-order valence-electron chi connectivity index (χ4n) is 1.44. The highest BCUT2D eigenvalue weighted by molar-refractivity contribution is 5.83. The first-order chi connectivity index (χ1) is 10.2. The van der Waals surface area contributed by atoms with Gasteiger partial charge in [-0.15, -0.1) is 16.6 Å². The van der Waals surface area contributed by atoms with E-state index in [1.165, 1.54) is 6.21 Å². The number of terminal acetylenes is 1. The van der Waals surface area contributed by atoms with Crippen LogP contribution in [-0.4, -0.2) is 28.0 Å². The Morgan fingerprint density at radius 2 is 2.29 bits per heavy atom. The Morgan fingerprint density at radius 3 is 3.05 bits per heavy atom. The van der Waals surface area contributed by atoms with E-state index >= 15 is 0 Å². The summed E-state index contributed by atoms with van der Waals surface area (Å²) in [6.45, 7) is 1.74. The number of para-hydroxylation sites is 1. The van der Waals surface area contributed by atoms with Crippen LogP contribution in [0.1, 0.15) is 11.3 Å². The van der Waals surface area contributed by atoms with E-state index in [2.05, 4.69) is 31.6 Å². The van der Waals surface area contributed by atoms with Crippen molar-refractivity contribution in [3.05, 3.63) is 45.9 Å². The standard InChI is InChI=1S/C14H13N5O2/c1-3-8-21-12-7-5-4-6-11(12)9-15-18-14-16-13(20)10(2)17-19-14/h1,4-7,9H,8H2,2H3,(H2,16,18,19,20)/b15-9-. The monoisotopic (exact) mass is 283 g/mol. The zero-order chi connectivity index (χ0) is 15.1. The molecule has 2 rings (SSSR count). The molecule has 0 radical (unpaired) electrons. The second-order valence-corrected chi connectivity index (χ2v) is 3.99. The van der Waals surface area contributed by atoms with E-state index in [-0.39, 0.29) is 23.8 Å². The van der Waals surface area contributed by atoms with Crippen molar-refractivity contribution in [3.8, 4) is 18.1 Å². The third-order valence-corrected chi connectivity index (χ3v) is 2.46. The second-order valence-electron chi connectivity index (χ2n) is 3.99. The van der Waals surface area contributed by atoms with Crippen LogP contribution in [0, 0.1) is 19.3 Å². The molecule has 7 nitrogen and oxygen atoms in total. The Labute approximate surface area is 121 Å². The Balaban J connectivity index is 2.09. The van der Waals surface area contributed by atoms with Gasteiger partial charge in [0.1, 0.15) is 18.1 Å². The maximum Gasteiger partial charge on any atom is 0.274 e. The lowest BCUT2D eigenvalue weighted by Crippen LogP contribution is -2.15. The molecule has 106 valence electrons. The van der Waals surface area contributed by atoms with Gasteiger partial charge in [-0.2, -0.15) is 5.10 Å². The SMILES string of the molecule is C#CCOc1ccccc1/C=N\Nc1nnc(C)c(=O)[nH]1. The first-order valence-electron chi connectivity index (χ1n) is 6.08. The number of hydrazone groups is 1. The number of aryl methyl sites for hydroxylation is 1. The smallest absolute Gasteiger partial charge is 0.274 e. The van der Waals surface area contributed by atoms with Crippen LogP contribution in [0.25, 0.3) is 0 Å². The molecule has 21 heavy (non-hydrogen) atoms. The summed E-state index contributed by atoms with van der Waals surface area (Å²) < 4.78 is 5.38. The van der Waals surface area contributed by atoms with Gasteiger partial charge in [0.05, 0.1) is 6.21 Å². The molecular formula is C14H13N5O2. The normalized spacial score (nSPS) is 10.3. The summed E-state index contributed by atoms with van der Waals surface area (Å²) in [4.78, 5) is 13.9. The predicted molar refractivity (Wildman–Crippen MR) is 79.4 cm³/mol. The summed E-state index contributed by atoms with van der Waals surface area (Å²) in [5.74, 6) is 3.17. The highest BCUT2D eigenvalue weighted by atomic mass is 16.5. The molecule has 1 aromatic carbocycles. The fourth-order valence-corrected chi connectivity index (χ4v) is 1.44. The number of hydrogen-bond acceptors (Lipinski definition) is 6. The number of aromatic nitrogens is 3. The van der Waals surface area contributed by atoms with Crippen molar-refractivity contribution in [2.45, 2.75) is 6.92 Å². The highest BCUT2D eigenvalue weighted by Crippen LogP contribution is 2.15. The van der Waals surface area contributed by atoms with Gasteiger partial charge in [-0.3, -0.25) is 9.78 Å². The van der Waals surface area contributed by atoms with E-state index in [1.807, 2.05) is 18.2 Å². The minimum atomic E-state index is -0.319. The summed E-state index contributed by atoms with van der Waals surface area (Å²) >= 11 is 0. The van der Waals surface area contributed by atoms with Gasteiger partial charge in [-0.25, -0.2) is 5.43 Å². The number of benzene rings is 1. The molecule has 2 aromatic rings. The number of H-pyrrole nitrogens is 1.